The van der Waals surface area contributed by atoms with Gasteiger partial charge in [0.1, 0.15) is 6.04 Å². The zero-order chi connectivity index (χ0) is 24.1. The van der Waals surface area contributed by atoms with E-state index < -0.39 is 12.0 Å². The van der Waals surface area contributed by atoms with Crippen LogP contribution in [0.15, 0.2) is 61.6 Å². The Labute approximate surface area is 202 Å². The molecule has 0 bridgehead atoms. The number of carbonyl (C=O) groups is 1. The number of aryl methyl sites for hydroxylation is 2. The van der Waals surface area contributed by atoms with E-state index in [-0.39, 0.29) is 17.9 Å². The average Bonchev–Trinajstić information content (AvgIpc) is 3.50. The highest BCUT2D eigenvalue weighted by atomic mass is 32.1. The topological polar surface area (TPSA) is 87.6 Å². The molecule has 0 spiro atoms. The van der Waals surface area contributed by atoms with Crippen molar-refractivity contribution >= 4 is 45.8 Å². The number of fused-ring (bicyclic) bond motifs is 2. The minimum atomic E-state index is -0.588. The summed E-state index contributed by atoms with van der Waals surface area (Å²) < 4.78 is 10.6. The van der Waals surface area contributed by atoms with Crippen molar-refractivity contribution in [2.45, 2.75) is 19.9 Å². The quantitative estimate of drug-likeness (QED) is 0.407. The fourth-order valence-corrected chi connectivity index (χ4v) is 6.14. The molecular weight excluding hydrogens is 472 g/mol. The van der Waals surface area contributed by atoms with Crippen LogP contribution in [-0.2, 0) is 23.6 Å². The number of benzene rings is 1. The van der Waals surface area contributed by atoms with Crippen LogP contribution >= 0.6 is 22.7 Å². The van der Waals surface area contributed by atoms with Gasteiger partial charge in [-0.1, -0.05) is 23.5 Å². The minimum Gasteiger partial charge on any atom is -0.463 e. The molecule has 4 heterocycles. The fourth-order valence-electron chi connectivity index (χ4n) is 4.27. The van der Waals surface area contributed by atoms with Crippen LogP contribution in [0.3, 0.4) is 0 Å². The number of nitrogens with zero attached hydrogens (tertiary/aromatic N) is 4. The Bertz CT molecular complexity index is 1710. The molecule has 1 atom stereocenters. The highest BCUT2D eigenvalue weighted by molar-refractivity contribution is 7.10. The molecular formula is C24H22N4O4S2. The number of ether oxygens (including phenoxy) is 1. The van der Waals surface area contributed by atoms with Crippen molar-refractivity contribution < 1.29 is 9.53 Å². The van der Waals surface area contributed by atoms with Gasteiger partial charge in [0, 0.05) is 19.0 Å². The summed E-state index contributed by atoms with van der Waals surface area (Å²) in [4.78, 5) is 44.7. The minimum absolute atomic E-state index is 0.107. The van der Waals surface area contributed by atoms with Crippen molar-refractivity contribution in [2.75, 3.05) is 6.61 Å². The summed E-state index contributed by atoms with van der Waals surface area (Å²) in [6, 6.07) is 8.86. The van der Waals surface area contributed by atoms with E-state index in [1.54, 1.807) is 47.7 Å². The molecule has 1 aliphatic heterocycles. The van der Waals surface area contributed by atoms with Gasteiger partial charge in [-0.2, -0.15) is 0 Å². The highest BCUT2D eigenvalue weighted by Gasteiger charge is 2.33. The van der Waals surface area contributed by atoms with Crippen LogP contribution in [-0.4, -0.2) is 26.3 Å². The lowest BCUT2D eigenvalue weighted by atomic mass is 10.0. The Kier molecular flexibility index (Phi) is 5.49. The number of thiazole rings is 1. The van der Waals surface area contributed by atoms with Gasteiger partial charge < -0.3 is 4.74 Å². The molecule has 0 saturated heterocycles. The predicted molar refractivity (Wildman–Crippen MR) is 133 cm³/mol. The van der Waals surface area contributed by atoms with Gasteiger partial charge in [-0.3, -0.25) is 18.5 Å². The summed E-state index contributed by atoms with van der Waals surface area (Å²) in [5.74, 6) is -0.466. The molecule has 10 heteroatoms. The van der Waals surface area contributed by atoms with Gasteiger partial charge in [0.2, 0.25) is 0 Å². The van der Waals surface area contributed by atoms with Crippen LogP contribution in [0.4, 0.5) is 0 Å². The van der Waals surface area contributed by atoms with Crippen molar-refractivity contribution in [3.05, 3.63) is 87.6 Å². The molecule has 174 valence electrons. The average molecular weight is 495 g/mol. The fraction of sp³-hybridized carbons (Fsp3) is 0.250. The summed E-state index contributed by atoms with van der Waals surface area (Å²) in [5, 5.41) is 1.92. The van der Waals surface area contributed by atoms with Gasteiger partial charge in [-0.25, -0.2) is 14.6 Å². The molecule has 0 N–H and O–H groups in total. The molecule has 0 saturated carbocycles. The number of rotatable bonds is 4. The number of aromatic nitrogens is 3. The van der Waals surface area contributed by atoms with Crippen molar-refractivity contribution in [1.82, 2.24) is 13.7 Å². The molecule has 3 aromatic heterocycles. The molecule has 0 aliphatic carbocycles. The smallest absolute Gasteiger partial charge is 0.338 e. The number of hydrogen-bond donors (Lipinski definition) is 0. The van der Waals surface area contributed by atoms with Crippen LogP contribution in [0.25, 0.3) is 17.1 Å². The summed E-state index contributed by atoms with van der Waals surface area (Å²) >= 11 is 2.76. The summed E-state index contributed by atoms with van der Waals surface area (Å²) in [7, 11) is 3.46. The summed E-state index contributed by atoms with van der Waals surface area (Å²) in [6.45, 7) is 3.76. The van der Waals surface area contributed by atoms with Gasteiger partial charge in [0.25, 0.3) is 5.56 Å². The second kappa shape index (κ2) is 8.37. The van der Waals surface area contributed by atoms with Crippen molar-refractivity contribution in [3.63, 3.8) is 0 Å². The maximum Gasteiger partial charge on any atom is 0.338 e. The third kappa shape index (κ3) is 3.41. The molecule has 0 unspecified atom stereocenters. The number of hydrogen-bond acceptors (Lipinski definition) is 7. The van der Waals surface area contributed by atoms with Gasteiger partial charge in [0.15, 0.2) is 4.80 Å². The number of carbonyl (C=O) groups excluding carboxylic acids is 1. The van der Waals surface area contributed by atoms with Gasteiger partial charge >= 0.3 is 11.7 Å². The lowest BCUT2D eigenvalue weighted by Crippen LogP contribution is -2.39. The molecule has 0 amide bonds. The van der Waals surface area contributed by atoms with Crippen LogP contribution in [0.5, 0.6) is 0 Å². The number of esters is 1. The second-order valence-electron chi connectivity index (χ2n) is 7.97. The normalized spacial score (nSPS) is 16.1. The molecule has 1 aliphatic rings. The lowest BCUT2D eigenvalue weighted by molar-refractivity contribution is -0.139. The molecule has 4 aromatic rings. The van der Waals surface area contributed by atoms with Crippen LogP contribution in [0.1, 0.15) is 30.3 Å². The van der Waals surface area contributed by atoms with Crippen LogP contribution in [0, 0.1) is 0 Å². The van der Waals surface area contributed by atoms with Crippen LogP contribution in [0.2, 0.25) is 0 Å². The standard InChI is InChI=1S/C24H22N4O4S2/c1-5-32-22(30)19-13(2)25-23-28(20(19)17-7-6-10-33-17)21(29)18(34-23)12-14-8-9-15-16(11-14)27(4)24(31)26(15)3/h6-12,20H,5H2,1-4H3/b18-12+/t20-/m0/s1. The van der Waals surface area contributed by atoms with E-state index in [1.807, 2.05) is 35.7 Å². The first-order valence-electron chi connectivity index (χ1n) is 10.7. The Morgan fingerprint density at radius 2 is 1.94 bits per heavy atom. The van der Waals surface area contributed by atoms with Crippen molar-refractivity contribution in [3.8, 4) is 0 Å². The molecule has 5 rings (SSSR count). The largest absolute Gasteiger partial charge is 0.463 e. The van der Waals surface area contributed by atoms with E-state index >= 15 is 0 Å². The molecule has 34 heavy (non-hydrogen) atoms. The Hall–Kier alpha value is -3.50. The first-order chi connectivity index (χ1) is 16.3. The van der Waals surface area contributed by atoms with Crippen molar-refractivity contribution in [1.29, 1.82) is 0 Å². The van der Waals surface area contributed by atoms with E-state index in [1.165, 1.54) is 22.7 Å². The van der Waals surface area contributed by atoms with E-state index in [4.69, 9.17) is 4.74 Å². The van der Waals surface area contributed by atoms with E-state index in [9.17, 15) is 14.4 Å². The summed E-state index contributed by atoms with van der Waals surface area (Å²) in [5.41, 5.74) is 3.00. The maximum atomic E-state index is 13.6. The first-order valence-corrected chi connectivity index (χ1v) is 12.4. The third-order valence-corrected chi connectivity index (χ3v) is 7.83. The zero-order valence-corrected chi connectivity index (χ0v) is 20.7. The number of allylic oxidation sites excluding steroid dienone is 1. The maximum absolute atomic E-state index is 13.6. The highest BCUT2D eigenvalue weighted by Crippen LogP contribution is 2.33. The zero-order valence-electron chi connectivity index (χ0n) is 19.1. The van der Waals surface area contributed by atoms with Crippen LogP contribution < -0.4 is 20.6 Å². The predicted octanol–water partition coefficient (Wildman–Crippen LogP) is 2.05. The van der Waals surface area contributed by atoms with Gasteiger partial charge in [-0.15, -0.1) is 11.3 Å². The SMILES string of the molecule is CCOC(=O)C1=C(C)N=c2s/c(=C/c3ccc4c(c3)n(C)c(=O)n4C)c(=O)n2[C@H]1c1cccs1. The molecule has 1 aromatic carbocycles. The molecule has 0 radical (unpaired) electrons. The monoisotopic (exact) mass is 494 g/mol. The Balaban J connectivity index is 1.71. The second-order valence-corrected chi connectivity index (χ2v) is 9.95. The van der Waals surface area contributed by atoms with Crippen molar-refractivity contribution in [2.24, 2.45) is 19.1 Å². The molecule has 8 nitrogen and oxygen atoms in total. The van der Waals surface area contributed by atoms with Gasteiger partial charge in [0.05, 0.1) is 33.4 Å². The van der Waals surface area contributed by atoms with E-state index in [0.717, 1.165) is 21.5 Å². The van der Waals surface area contributed by atoms with Gasteiger partial charge in [-0.05, 0) is 49.1 Å². The third-order valence-electron chi connectivity index (χ3n) is 5.92. The number of imidazole rings is 1. The Morgan fingerprint density at radius 1 is 1.18 bits per heavy atom. The van der Waals surface area contributed by atoms with E-state index in [2.05, 4.69) is 4.99 Å². The Morgan fingerprint density at radius 3 is 2.65 bits per heavy atom. The molecule has 0 fully saturated rings. The van der Waals surface area contributed by atoms with E-state index in [0.29, 0.717) is 20.6 Å². The first kappa shape index (κ1) is 22.3. The number of thiophene rings is 1. The lowest BCUT2D eigenvalue weighted by Gasteiger charge is -2.23. The summed E-state index contributed by atoms with van der Waals surface area (Å²) in [6.07, 6.45) is 1.80.